The number of rotatable bonds is 6. The Hall–Kier alpha value is -1.16. The van der Waals surface area contributed by atoms with Gasteiger partial charge in [-0.2, -0.15) is 5.10 Å². The van der Waals surface area contributed by atoms with Gasteiger partial charge in [-0.05, 0) is 30.9 Å². The van der Waals surface area contributed by atoms with Crippen molar-refractivity contribution in [2.75, 3.05) is 13.1 Å². The molecule has 0 aliphatic heterocycles. The fourth-order valence-electron chi connectivity index (χ4n) is 1.59. The maximum Gasteiger partial charge on any atom is 0.151 e. The number of aryl methyl sites for hydroxylation is 1. The minimum atomic E-state index is 0.239. The zero-order valence-electron chi connectivity index (χ0n) is 9.07. The summed E-state index contributed by atoms with van der Waals surface area (Å²) in [6.45, 7) is 1.49. The molecule has 0 spiro atoms. The van der Waals surface area contributed by atoms with Gasteiger partial charge >= 0.3 is 0 Å². The average molecular weight is 207 g/mol. The van der Waals surface area contributed by atoms with Crippen molar-refractivity contribution in [2.24, 2.45) is 13.0 Å². The molecule has 0 atom stereocenters. The molecule has 1 heterocycles. The highest BCUT2D eigenvalue weighted by Crippen LogP contribution is 2.27. The van der Waals surface area contributed by atoms with Crippen LogP contribution in [0.3, 0.4) is 0 Å². The van der Waals surface area contributed by atoms with E-state index in [1.54, 1.807) is 10.9 Å². The molecule has 82 valence electrons. The van der Waals surface area contributed by atoms with Gasteiger partial charge in [0, 0.05) is 19.7 Å². The van der Waals surface area contributed by atoms with Crippen LogP contribution in [-0.4, -0.2) is 28.7 Å². The summed E-state index contributed by atoms with van der Waals surface area (Å²) in [6.07, 6.45) is 6.77. The maximum absolute atomic E-state index is 11.5. The molecule has 2 rings (SSSR count). The third kappa shape index (κ3) is 3.47. The monoisotopic (exact) mass is 207 g/mol. The number of carbonyl (C=O) groups excluding carboxylic acids is 1. The Balaban J connectivity index is 1.67. The molecule has 0 amide bonds. The molecule has 1 N–H and O–H groups in total. The smallest absolute Gasteiger partial charge is 0.151 e. The number of nitrogens with zero attached hydrogens (tertiary/aromatic N) is 2. The van der Waals surface area contributed by atoms with E-state index in [2.05, 4.69) is 10.4 Å². The summed E-state index contributed by atoms with van der Waals surface area (Å²) in [6, 6.07) is 0. The Kier molecular flexibility index (Phi) is 3.16. The fraction of sp³-hybridized carbons (Fsp3) is 0.636. The summed E-state index contributed by atoms with van der Waals surface area (Å²) < 4.78 is 1.72. The molecule has 4 heteroatoms. The van der Waals surface area contributed by atoms with Gasteiger partial charge in [-0.15, -0.1) is 0 Å². The van der Waals surface area contributed by atoms with E-state index >= 15 is 0 Å². The Morgan fingerprint density at radius 1 is 1.67 bits per heavy atom. The van der Waals surface area contributed by atoms with Gasteiger partial charge in [0.1, 0.15) is 0 Å². The lowest BCUT2D eigenvalue weighted by Gasteiger charge is -2.01. The first-order valence-electron chi connectivity index (χ1n) is 5.44. The van der Waals surface area contributed by atoms with Crippen molar-refractivity contribution >= 4 is 5.78 Å². The number of hydrogen-bond donors (Lipinski definition) is 1. The first-order valence-corrected chi connectivity index (χ1v) is 5.44. The third-order valence-electron chi connectivity index (χ3n) is 2.61. The molecule has 0 aromatic carbocycles. The summed E-state index contributed by atoms with van der Waals surface area (Å²) in [5.41, 5.74) is 0.996. The van der Waals surface area contributed by atoms with Crippen LogP contribution in [0.2, 0.25) is 0 Å². The molecule has 15 heavy (non-hydrogen) atoms. The van der Waals surface area contributed by atoms with E-state index < -0.39 is 0 Å². The molecule has 4 nitrogen and oxygen atoms in total. The molecule has 0 saturated heterocycles. The van der Waals surface area contributed by atoms with Gasteiger partial charge in [0.15, 0.2) is 5.78 Å². The molecule has 1 aliphatic carbocycles. The van der Waals surface area contributed by atoms with Crippen LogP contribution < -0.4 is 5.32 Å². The Labute approximate surface area is 89.7 Å². The van der Waals surface area contributed by atoms with E-state index in [-0.39, 0.29) is 5.78 Å². The van der Waals surface area contributed by atoms with Crippen molar-refractivity contribution in [3.05, 3.63) is 18.0 Å². The van der Waals surface area contributed by atoms with Crippen LogP contribution in [0.4, 0.5) is 0 Å². The van der Waals surface area contributed by atoms with Crippen molar-refractivity contribution in [3.8, 4) is 0 Å². The van der Waals surface area contributed by atoms with Crippen LogP contribution in [0, 0.1) is 5.92 Å². The van der Waals surface area contributed by atoms with Crippen LogP contribution in [0.1, 0.15) is 18.4 Å². The van der Waals surface area contributed by atoms with Gasteiger partial charge in [0.25, 0.3) is 0 Å². The van der Waals surface area contributed by atoms with Crippen molar-refractivity contribution in [3.63, 3.8) is 0 Å². The average Bonchev–Trinajstić information content (AvgIpc) is 2.91. The van der Waals surface area contributed by atoms with Crippen molar-refractivity contribution < 1.29 is 4.79 Å². The molecule has 1 aromatic rings. The summed E-state index contributed by atoms with van der Waals surface area (Å²) >= 11 is 0. The summed E-state index contributed by atoms with van der Waals surface area (Å²) in [7, 11) is 1.86. The van der Waals surface area contributed by atoms with Gasteiger partial charge < -0.3 is 5.32 Å². The Bertz CT molecular complexity index is 341. The van der Waals surface area contributed by atoms with Crippen LogP contribution in [0.25, 0.3) is 0 Å². The fourth-order valence-corrected chi connectivity index (χ4v) is 1.59. The lowest BCUT2D eigenvalue weighted by molar-refractivity contribution is -0.117. The molecule has 0 bridgehead atoms. The van der Waals surface area contributed by atoms with Gasteiger partial charge in [-0.25, -0.2) is 0 Å². The minimum absolute atomic E-state index is 0.239. The molecular weight excluding hydrogens is 190 g/mol. The van der Waals surface area contributed by atoms with E-state index in [1.807, 2.05) is 13.2 Å². The van der Waals surface area contributed by atoms with E-state index in [9.17, 15) is 4.79 Å². The standard InChI is InChI=1S/C11H17N3O/c1-14-8-10(6-13-14)4-11(15)7-12-5-9-2-3-9/h6,8-9,12H,2-5,7H2,1H3. The van der Waals surface area contributed by atoms with Crippen LogP contribution in [-0.2, 0) is 18.3 Å². The summed E-state index contributed by atoms with van der Waals surface area (Å²) in [5.74, 6) is 1.07. The quantitative estimate of drug-likeness (QED) is 0.740. The third-order valence-corrected chi connectivity index (χ3v) is 2.61. The zero-order chi connectivity index (χ0) is 10.7. The molecule has 1 aliphatic rings. The minimum Gasteiger partial charge on any atom is -0.310 e. The second kappa shape index (κ2) is 4.57. The van der Waals surface area contributed by atoms with Crippen molar-refractivity contribution in [1.82, 2.24) is 15.1 Å². The molecule has 0 radical (unpaired) electrons. The lowest BCUT2D eigenvalue weighted by Crippen LogP contribution is -2.25. The summed E-state index contributed by atoms with van der Waals surface area (Å²) in [5, 5.41) is 7.23. The number of ketones is 1. The van der Waals surface area contributed by atoms with Gasteiger partial charge in [-0.3, -0.25) is 9.48 Å². The van der Waals surface area contributed by atoms with Crippen molar-refractivity contribution in [1.29, 1.82) is 0 Å². The van der Waals surface area contributed by atoms with Crippen LogP contribution in [0.15, 0.2) is 12.4 Å². The largest absolute Gasteiger partial charge is 0.310 e. The number of aromatic nitrogens is 2. The molecular formula is C11H17N3O. The number of carbonyl (C=O) groups is 1. The van der Waals surface area contributed by atoms with Crippen LogP contribution >= 0.6 is 0 Å². The van der Waals surface area contributed by atoms with Crippen molar-refractivity contribution in [2.45, 2.75) is 19.3 Å². The topological polar surface area (TPSA) is 46.9 Å². The highest BCUT2D eigenvalue weighted by molar-refractivity contribution is 5.82. The lowest BCUT2D eigenvalue weighted by atomic mass is 10.2. The van der Waals surface area contributed by atoms with E-state index in [4.69, 9.17) is 0 Å². The molecule has 1 aromatic heterocycles. The predicted molar refractivity (Wildman–Crippen MR) is 57.5 cm³/mol. The highest BCUT2D eigenvalue weighted by atomic mass is 16.1. The van der Waals surface area contributed by atoms with Gasteiger partial charge in [0.05, 0.1) is 12.7 Å². The predicted octanol–water partition coefficient (Wildman–Crippen LogP) is 0.531. The molecule has 0 unspecified atom stereocenters. The molecule has 1 fully saturated rings. The maximum atomic E-state index is 11.5. The number of Topliss-reactive ketones (excluding diaryl/α,β-unsaturated/α-hetero) is 1. The highest BCUT2D eigenvalue weighted by Gasteiger charge is 2.20. The SMILES string of the molecule is Cn1cc(CC(=O)CNCC2CC2)cn1. The first kappa shape index (κ1) is 10.4. The summed E-state index contributed by atoms with van der Waals surface area (Å²) in [4.78, 5) is 11.5. The van der Waals surface area contributed by atoms with Gasteiger partial charge in [0.2, 0.25) is 0 Å². The van der Waals surface area contributed by atoms with E-state index in [0.717, 1.165) is 18.0 Å². The number of hydrogen-bond acceptors (Lipinski definition) is 3. The van der Waals surface area contributed by atoms with Gasteiger partial charge in [-0.1, -0.05) is 0 Å². The normalized spacial score (nSPS) is 15.5. The number of nitrogens with one attached hydrogen (secondary N) is 1. The second-order valence-corrected chi connectivity index (χ2v) is 4.31. The second-order valence-electron chi connectivity index (χ2n) is 4.31. The zero-order valence-corrected chi connectivity index (χ0v) is 9.07. The Morgan fingerprint density at radius 3 is 3.07 bits per heavy atom. The van der Waals surface area contributed by atoms with E-state index in [1.165, 1.54) is 12.8 Å². The molecule has 1 saturated carbocycles. The van der Waals surface area contributed by atoms with Crippen LogP contribution in [0.5, 0.6) is 0 Å². The first-order chi connectivity index (χ1) is 7.24. The van der Waals surface area contributed by atoms with E-state index in [0.29, 0.717) is 13.0 Å². The Morgan fingerprint density at radius 2 is 2.47 bits per heavy atom.